The summed E-state index contributed by atoms with van der Waals surface area (Å²) in [4.78, 5) is 0. The van der Waals surface area contributed by atoms with Gasteiger partial charge in [-0.05, 0) is 19.8 Å². The minimum atomic E-state index is 0.644. The van der Waals surface area contributed by atoms with Gasteiger partial charge >= 0.3 is 0 Å². The Labute approximate surface area is 109 Å². The van der Waals surface area contributed by atoms with Gasteiger partial charge in [-0.3, -0.25) is 0 Å². The largest absolute Gasteiger partial charge is 0.380 e. The average Bonchev–Trinajstić information content (AvgIpc) is 2.33. The Bertz CT molecular complexity index is 139. The molecule has 0 rings (SSSR count). The Morgan fingerprint density at radius 3 is 2.29 bits per heavy atom. The van der Waals surface area contributed by atoms with E-state index in [1.165, 1.54) is 51.4 Å². The number of unbranched alkanes of at least 4 members (excludes halogenated alkanes) is 5. The van der Waals surface area contributed by atoms with Gasteiger partial charge in [0.2, 0.25) is 0 Å². The van der Waals surface area contributed by atoms with Crippen LogP contribution in [0, 0.1) is 0 Å². The smallest absolute Gasteiger partial charge is 0.0590 e. The molecule has 0 bridgehead atoms. The van der Waals surface area contributed by atoms with E-state index >= 15 is 0 Å². The van der Waals surface area contributed by atoms with E-state index in [0.29, 0.717) is 6.04 Å². The van der Waals surface area contributed by atoms with E-state index in [4.69, 9.17) is 4.74 Å². The van der Waals surface area contributed by atoms with Crippen molar-refractivity contribution in [1.82, 2.24) is 5.32 Å². The highest BCUT2D eigenvalue weighted by Gasteiger charge is 1.99. The van der Waals surface area contributed by atoms with Gasteiger partial charge < -0.3 is 10.1 Å². The van der Waals surface area contributed by atoms with E-state index in [-0.39, 0.29) is 0 Å². The molecule has 1 unspecified atom stereocenters. The van der Waals surface area contributed by atoms with Crippen LogP contribution < -0.4 is 5.32 Å². The molecule has 0 aliphatic rings. The Morgan fingerprint density at radius 1 is 0.882 bits per heavy atom. The summed E-state index contributed by atoms with van der Waals surface area (Å²) in [5, 5.41) is 3.52. The molecule has 0 aliphatic carbocycles. The molecule has 0 aromatic rings. The van der Waals surface area contributed by atoms with Crippen molar-refractivity contribution in [3.63, 3.8) is 0 Å². The molecule has 0 heterocycles. The first-order valence-corrected chi connectivity index (χ1v) is 7.62. The number of hydrogen-bond acceptors (Lipinski definition) is 2. The third-order valence-electron chi connectivity index (χ3n) is 3.12. The van der Waals surface area contributed by atoms with E-state index in [0.717, 1.165) is 19.8 Å². The molecule has 2 nitrogen and oxygen atoms in total. The van der Waals surface area contributed by atoms with Gasteiger partial charge in [0.15, 0.2) is 0 Å². The lowest BCUT2D eigenvalue weighted by atomic mass is 10.1. The summed E-state index contributed by atoms with van der Waals surface area (Å²) in [7, 11) is 0. The number of rotatable bonds is 13. The number of hydrogen-bond donors (Lipinski definition) is 1. The first-order chi connectivity index (χ1) is 8.31. The summed E-state index contributed by atoms with van der Waals surface area (Å²) in [6.07, 6.45) is 10.5. The minimum absolute atomic E-state index is 0.644. The molecule has 2 heteroatoms. The molecule has 1 atom stereocenters. The topological polar surface area (TPSA) is 21.3 Å². The van der Waals surface area contributed by atoms with E-state index in [9.17, 15) is 0 Å². The van der Waals surface area contributed by atoms with Gasteiger partial charge in [0.1, 0.15) is 0 Å². The van der Waals surface area contributed by atoms with Gasteiger partial charge in [0.05, 0.1) is 6.61 Å². The van der Waals surface area contributed by atoms with E-state index in [1.54, 1.807) is 0 Å². The standard InChI is InChI=1S/C15H33NO/c1-4-6-8-10-13-17-14-12-16-15(3)11-9-7-5-2/h15-16H,4-14H2,1-3H3. The first kappa shape index (κ1) is 16.9. The second kappa shape index (κ2) is 14.0. The molecule has 0 aromatic carbocycles. The zero-order valence-electron chi connectivity index (χ0n) is 12.3. The quantitative estimate of drug-likeness (QED) is 0.491. The summed E-state index contributed by atoms with van der Waals surface area (Å²) >= 11 is 0. The minimum Gasteiger partial charge on any atom is -0.380 e. The van der Waals surface area contributed by atoms with Crippen LogP contribution in [-0.2, 0) is 4.74 Å². The van der Waals surface area contributed by atoms with Crippen LogP contribution in [0.1, 0.15) is 72.1 Å². The molecule has 0 spiro atoms. The van der Waals surface area contributed by atoms with Crippen molar-refractivity contribution in [2.24, 2.45) is 0 Å². The van der Waals surface area contributed by atoms with Crippen LogP contribution in [0.3, 0.4) is 0 Å². The molecule has 1 N–H and O–H groups in total. The van der Waals surface area contributed by atoms with Crippen LogP contribution in [-0.4, -0.2) is 25.8 Å². The fourth-order valence-electron chi connectivity index (χ4n) is 1.91. The monoisotopic (exact) mass is 243 g/mol. The van der Waals surface area contributed by atoms with E-state index < -0.39 is 0 Å². The Balaban J connectivity index is 3.05. The lowest BCUT2D eigenvalue weighted by Crippen LogP contribution is -2.29. The SMILES string of the molecule is CCCCCCOCCNC(C)CCCCC. The van der Waals surface area contributed by atoms with E-state index in [1.807, 2.05) is 0 Å². The highest BCUT2D eigenvalue weighted by Crippen LogP contribution is 2.02. The van der Waals surface area contributed by atoms with Gasteiger partial charge in [-0.1, -0.05) is 52.4 Å². The van der Waals surface area contributed by atoms with Crippen molar-refractivity contribution in [3.8, 4) is 0 Å². The Morgan fingerprint density at radius 2 is 1.59 bits per heavy atom. The van der Waals surface area contributed by atoms with Crippen molar-refractivity contribution < 1.29 is 4.74 Å². The molecule has 0 saturated heterocycles. The third-order valence-corrected chi connectivity index (χ3v) is 3.12. The van der Waals surface area contributed by atoms with Crippen molar-refractivity contribution in [2.45, 2.75) is 78.2 Å². The number of ether oxygens (including phenoxy) is 1. The highest BCUT2D eigenvalue weighted by atomic mass is 16.5. The average molecular weight is 243 g/mol. The molecule has 0 aromatic heterocycles. The lowest BCUT2D eigenvalue weighted by Gasteiger charge is -2.13. The van der Waals surface area contributed by atoms with Crippen LogP contribution in [0.25, 0.3) is 0 Å². The normalized spacial score (nSPS) is 12.9. The molecular weight excluding hydrogens is 210 g/mol. The second-order valence-corrected chi connectivity index (χ2v) is 5.02. The lowest BCUT2D eigenvalue weighted by molar-refractivity contribution is 0.129. The number of nitrogens with one attached hydrogen (secondary N) is 1. The summed E-state index contributed by atoms with van der Waals surface area (Å²) in [5.74, 6) is 0. The van der Waals surface area contributed by atoms with Crippen LogP contribution >= 0.6 is 0 Å². The molecule has 17 heavy (non-hydrogen) atoms. The van der Waals surface area contributed by atoms with Crippen molar-refractivity contribution in [3.05, 3.63) is 0 Å². The van der Waals surface area contributed by atoms with Gasteiger partial charge in [-0.2, -0.15) is 0 Å². The highest BCUT2D eigenvalue weighted by molar-refractivity contribution is 4.60. The van der Waals surface area contributed by atoms with Crippen LogP contribution in [0.2, 0.25) is 0 Å². The summed E-state index contributed by atoms with van der Waals surface area (Å²) < 4.78 is 5.59. The summed E-state index contributed by atoms with van der Waals surface area (Å²) in [6.45, 7) is 9.57. The van der Waals surface area contributed by atoms with Crippen molar-refractivity contribution in [2.75, 3.05) is 19.8 Å². The van der Waals surface area contributed by atoms with Gasteiger partial charge in [0.25, 0.3) is 0 Å². The maximum atomic E-state index is 5.59. The van der Waals surface area contributed by atoms with E-state index in [2.05, 4.69) is 26.1 Å². The molecule has 0 fully saturated rings. The van der Waals surface area contributed by atoms with Crippen LogP contribution in [0.4, 0.5) is 0 Å². The zero-order valence-corrected chi connectivity index (χ0v) is 12.3. The fourth-order valence-corrected chi connectivity index (χ4v) is 1.91. The molecule has 0 radical (unpaired) electrons. The zero-order chi connectivity index (χ0) is 12.8. The molecular formula is C15H33NO. The maximum Gasteiger partial charge on any atom is 0.0590 e. The summed E-state index contributed by atoms with van der Waals surface area (Å²) in [6, 6.07) is 0.644. The Kier molecular flexibility index (Phi) is 13.9. The predicted molar refractivity (Wildman–Crippen MR) is 76.6 cm³/mol. The van der Waals surface area contributed by atoms with Crippen molar-refractivity contribution >= 4 is 0 Å². The fraction of sp³-hybridized carbons (Fsp3) is 1.00. The third kappa shape index (κ3) is 13.9. The maximum absolute atomic E-state index is 5.59. The van der Waals surface area contributed by atoms with Gasteiger partial charge in [-0.15, -0.1) is 0 Å². The Hall–Kier alpha value is -0.0800. The van der Waals surface area contributed by atoms with Gasteiger partial charge in [-0.25, -0.2) is 0 Å². The molecule has 0 saturated carbocycles. The molecule has 0 aliphatic heterocycles. The second-order valence-electron chi connectivity index (χ2n) is 5.02. The van der Waals surface area contributed by atoms with Crippen molar-refractivity contribution in [1.29, 1.82) is 0 Å². The molecule has 104 valence electrons. The molecule has 0 amide bonds. The predicted octanol–water partition coefficient (Wildman–Crippen LogP) is 4.14. The van der Waals surface area contributed by atoms with Gasteiger partial charge in [0, 0.05) is 19.2 Å². The summed E-state index contributed by atoms with van der Waals surface area (Å²) in [5.41, 5.74) is 0. The first-order valence-electron chi connectivity index (χ1n) is 7.62. The van der Waals surface area contributed by atoms with Crippen LogP contribution in [0.15, 0.2) is 0 Å². The van der Waals surface area contributed by atoms with Crippen LogP contribution in [0.5, 0.6) is 0 Å².